The molecule has 0 radical (unpaired) electrons. The summed E-state index contributed by atoms with van der Waals surface area (Å²) in [5, 5.41) is 2.95. The molecule has 36 heavy (non-hydrogen) atoms. The van der Waals surface area contributed by atoms with Crippen LogP contribution < -0.4 is 20.0 Å². The molecule has 1 aliphatic rings. The highest BCUT2D eigenvalue weighted by atomic mass is 32.2. The second-order valence-electron chi connectivity index (χ2n) is 9.33. The zero-order valence-electron chi connectivity index (χ0n) is 20.8. The Kier molecular flexibility index (Phi) is 7.77. The Labute approximate surface area is 211 Å². The molecule has 4 rings (SSSR count). The second kappa shape index (κ2) is 10.8. The number of aromatic nitrogens is 1. The molecular weight excluding hydrogens is 480 g/mol. The number of hydrogen-bond acceptors (Lipinski definition) is 5. The van der Waals surface area contributed by atoms with Crippen LogP contribution in [0.25, 0.3) is 10.9 Å². The van der Waals surface area contributed by atoms with Crippen LogP contribution in [-0.2, 0) is 14.8 Å². The standard InChI is InChI=1S/C26H32N4O5S/c1-18(2)19-4-6-20(7-5-19)29(3)36(33,34)21-8-9-24-22(16-21)25(31)23(17-28-24)26(32)27-10-11-30-12-14-35-15-13-30/h4-9,16-18H,10-15H2,1-3H3,(H,27,32)(H,28,31)/p+1. The molecule has 0 saturated carbocycles. The van der Waals surface area contributed by atoms with Gasteiger partial charge in [-0.25, -0.2) is 8.42 Å². The number of rotatable bonds is 8. The molecule has 0 bridgehead atoms. The number of pyridine rings is 1. The van der Waals surface area contributed by atoms with Crippen LogP contribution in [0.15, 0.2) is 58.4 Å². The van der Waals surface area contributed by atoms with Crippen molar-refractivity contribution in [2.24, 2.45) is 0 Å². The molecule has 1 aromatic heterocycles. The first-order valence-corrected chi connectivity index (χ1v) is 13.6. The van der Waals surface area contributed by atoms with E-state index in [1.54, 1.807) is 18.2 Å². The minimum absolute atomic E-state index is 0.0237. The van der Waals surface area contributed by atoms with Crippen LogP contribution in [0.5, 0.6) is 0 Å². The Morgan fingerprint density at radius 2 is 1.83 bits per heavy atom. The lowest BCUT2D eigenvalue weighted by Gasteiger charge is -2.23. The van der Waals surface area contributed by atoms with E-state index >= 15 is 0 Å². The van der Waals surface area contributed by atoms with Gasteiger partial charge in [-0.2, -0.15) is 0 Å². The Balaban J connectivity index is 1.55. The zero-order chi connectivity index (χ0) is 25.9. The van der Waals surface area contributed by atoms with Crippen molar-refractivity contribution in [1.29, 1.82) is 0 Å². The number of carbonyl (C=O) groups excluding carboxylic acids is 1. The van der Waals surface area contributed by atoms with E-state index in [4.69, 9.17) is 4.74 Å². The average molecular weight is 514 g/mol. The predicted octanol–water partition coefficient (Wildman–Crippen LogP) is 1.12. The molecular formula is C26H33N4O5S+. The van der Waals surface area contributed by atoms with Gasteiger partial charge in [-0.05, 0) is 41.8 Å². The number of carbonyl (C=O) groups is 1. The van der Waals surface area contributed by atoms with Crippen molar-refractivity contribution >= 4 is 32.5 Å². The van der Waals surface area contributed by atoms with Gasteiger partial charge in [-0.1, -0.05) is 26.0 Å². The van der Waals surface area contributed by atoms with Crippen molar-refractivity contribution in [3.05, 3.63) is 70.0 Å². The van der Waals surface area contributed by atoms with Crippen LogP contribution in [0.1, 0.15) is 35.7 Å². The van der Waals surface area contributed by atoms with Gasteiger partial charge in [0.1, 0.15) is 18.7 Å². The van der Waals surface area contributed by atoms with Gasteiger partial charge in [0.15, 0.2) is 0 Å². The number of H-pyrrole nitrogens is 1. The lowest BCUT2D eigenvalue weighted by atomic mass is 10.0. The van der Waals surface area contributed by atoms with Gasteiger partial charge in [0.2, 0.25) is 5.43 Å². The quantitative estimate of drug-likeness (QED) is 0.418. The summed E-state index contributed by atoms with van der Waals surface area (Å²) in [6, 6.07) is 11.7. The molecule has 3 N–H and O–H groups in total. The van der Waals surface area contributed by atoms with E-state index < -0.39 is 21.4 Å². The fourth-order valence-electron chi connectivity index (χ4n) is 4.25. The van der Waals surface area contributed by atoms with E-state index in [-0.39, 0.29) is 15.8 Å². The zero-order valence-corrected chi connectivity index (χ0v) is 21.7. The number of nitrogens with zero attached hydrogens (tertiary/aromatic N) is 1. The molecule has 1 fully saturated rings. The molecule has 2 heterocycles. The first-order chi connectivity index (χ1) is 17.2. The highest BCUT2D eigenvalue weighted by Crippen LogP contribution is 2.25. The van der Waals surface area contributed by atoms with Crippen LogP contribution in [0, 0.1) is 0 Å². The van der Waals surface area contributed by atoms with Crippen molar-refractivity contribution in [1.82, 2.24) is 10.3 Å². The third-order valence-corrected chi connectivity index (χ3v) is 8.42. The SMILES string of the molecule is CC(C)c1ccc(N(C)S(=O)(=O)c2ccc3[nH]cc(C(=O)NCC[NH+]4CCOCC4)c(=O)c3c2)cc1. The monoisotopic (exact) mass is 513 g/mol. The number of sulfonamides is 1. The fourth-order valence-corrected chi connectivity index (χ4v) is 5.47. The molecule has 0 unspecified atom stereocenters. The van der Waals surface area contributed by atoms with E-state index in [0.29, 0.717) is 36.9 Å². The van der Waals surface area contributed by atoms with Gasteiger partial charge in [-0.3, -0.25) is 13.9 Å². The molecule has 0 spiro atoms. The maximum absolute atomic E-state index is 13.3. The van der Waals surface area contributed by atoms with Crippen LogP contribution in [0.2, 0.25) is 0 Å². The normalized spacial score (nSPS) is 14.8. The molecule has 0 atom stereocenters. The van der Waals surface area contributed by atoms with Gasteiger partial charge < -0.3 is 19.9 Å². The highest BCUT2D eigenvalue weighted by Gasteiger charge is 2.23. The molecule has 9 nitrogen and oxygen atoms in total. The second-order valence-corrected chi connectivity index (χ2v) is 11.3. The summed E-state index contributed by atoms with van der Waals surface area (Å²) in [4.78, 5) is 30.1. The van der Waals surface area contributed by atoms with Crippen LogP contribution in [0.4, 0.5) is 5.69 Å². The van der Waals surface area contributed by atoms with Crippen LogP contribution in [-0.4, -0.2) is 65.7 Å². The van der Waals surface area contributed by atoms with Crippen molar-refractivity contribution in [3.63, 3.8) is 0 Å². The Morgan fingerprint density at radius 3 is 2.50 bits per heavy atom. The van der Waals surface area contributed by atoms with Crippen LogP contribution >= 0.6 is 0 Å². The van der Waals surface area contributed by atoms with Gasteiger partial charge in [0.25, 0.3) is 15.9 Å². The molecule has 2 aromatic carbocycles. The molecule has 1 saturated heterocycles. The number of nitrogens with one attached hydrogen (secondary N) is 3. The summed E-state index contributed by atoms with van der Waals surface area (Å²) >= 11 is 0. The maximum Gasteiger partial charge on any atom is 0.264 e. The summed E-state index contributed by atoms with van der Waals surface area (Å²) in [6.45, 7) is 8.51. The third-order valence-electron chi connectivity index (χ3n) is 6.64. The molecule has 0 aliphatic carbocycles. The van der Waals surface area contributed by atoms with Crippen LogP contribution in [0.3, 0.4) is 0 Å². The summed E-state index contributed by atoms with van der Waals surface area (Å²) in [5.74, 6) is -0.151. The molecule has 1 aliphatic heterocycles. The Hall–Kier alpha value is -3.21. The highest BCUT2D eigenvalue weighted by molar-refractivity contribution is 7.92. The Morgan fingerprint density at radius 1 is 1.14 bits per heavy atom. The van der Waals surface area contributed by atoms with Gasteiger partial charge in [-0.15, -0.1) is 0 Å². The predicted molar refractivity (Wildman–Crippen MR) is 139 cm³/mol. The molecule has 1 amide bonds. The van der Waals surface area contributed by atoms with Crippen molar-refractivity contribution in [3.8, 4) is 0 Å². The van der Waals surface area contributed by atoms with Crippen molar-refractivity contribution in [2.45, 2.75) is 24.7 Å². The average Bonchev–Trinajstić information content (AvgIpc) is 2.89. The molecule has 10 heteroatoms. The fraction of sp³-hybridized carbons (Fsp3) is 0.385. The number of fused-ring (bicyclic) bond motifs is 1. The lowest BCUT2D eigenvalue weighted by molar-refractivity contribution is -0.906. The summed E-state index contributed by atoms with van der Waals surface area (Å²) in [6.07, 6.45) is 1.37. The molecule has 3 aromatic rings. The number of aromatic amines is 1. The van der Waals surface area contributed by atoms with Crippen molar-refractivity contribution < 1.29 is 22.8 Å². The topological polar surface area (TPSA) is 113 Å². The first-order valence-electron chi connectivity index (χ1n) is 12.1. The smallest absolute Gasteiger partial charge is 0.264 e. The van der Waals surface area contributed by atoms with E-state index in [9.17, 15) is 18.0 Å². The summed E-state index contributed by atoms with van der Waals surface area (Å²) in [5.41, 5.74) is 1.52. The number of hydrogen-bond donors (Lipinski definition) is 3. The molecule has 192 valence electrons. The first kappa shape index (κ1) is 25.9. The minimum atomic E-state index is -3.93. The van der Waals surface area contributed by atoms with E-state index in [0.717, 1.165) is 25.2 Å². The number of amides is 1. The van der Waals surface area contributed by atoms with E-state index in [1.165, 1.54) is 34.6 Å². The van der Waals surface area contributed by atoms with Gasteiger partial charge >= 0.3 is 0 Å². The van der Waals surface area contributed by atoms with E-state index in [2.05, 4.69) is 24.1 Å². The third kappa shape index (κ3) is 5.45. The minimum Gasteiger partial charge on any atom is -0.370 e. The summed E-state index contributed by atoms with van der Waals surface area (Å²) < 4.78 is 33.2. The summed E-state index contributed by atoms with van der Waals surface area (Å²) in [7, 11) is -2.45. The van der Waals surface area contributed by atoms with E-state index in [1.807, 2.05) is 12.1 Å². The largest absolute Gasteiger partial charge is 0.370 e. The number of morpholine rings is 1. The number of quaternary nitrogens is 1. The van der Waals surface area contributed by atoms with Gasteiger partial charge in [0.05, 0.1) is 36.9 Å². The number of benzene rings is 2. The Bertz CT molecular complexity index is 1390. The van der Waals surface area contributed by atoms with Gasteiger partial charge in [0, 0.05) is 24.1 Å². The number of anilines is 1. The lowest BCUT2D eigenvalue weighted by Crippen LogP contribution is -3.14. The maximum atomic E-state index is 13.3. The van der Waals surface area contributed by atoms with Crippen molar-refractivity contribution in [2.75, 3.05) is 50.7 Å². The number of ether oxygens (including phenoxy) is 1.